The monoisotopic (exact) mass is 315 g/mol. The van der Waals surface area contributed by atoms with E-state index in [1.54, 1.807) is 13.4 Å². The molecule has 1 saturated carbocycles. The van der Waals surface area contributed by atoms with Crippen molar-refractivity contribution in [2.24, 2.45) is 0 Å². The summed E-state index contributed by atoms with van der Waals surface area (Å²) in [6.45, 7) is 2.89. The van der Waals surface area contributed by atoms with Crippen LogP contribution in [0.3, 0.4) is 0 Å². The molecule has 1 saturated heterocycles. The van der Waals surface area contributed by atoms with Gasteiger partial charge in [-0.1, -0.05) is 0 Å². The van der Waals surface area contributed by atoms with Crippen molar-refractivity contribution in [3.8, 4) is 0 Å². The van der Waals surface area contributed by atoms with Crippen molar-refractivity contribution in [1.82, 2.24) is 19.9 Å². The van der Waals surface area contributed by atoms with E-state index >= 15 is 0 Å². The third kappa shape index (κ3) is 2.45. The lowest BCUT2D eigenvalue weighted by atomic mass is 10.1. The van der Waals surface area contributed by atoms with Gasteiger partial charge in [-0.2, -0.15) is 0 Å². The SMILES string of the molecule is COCCC(=O)N1CCN(c2ncnc3[nH]ccc23)CC12CC2. The number of amides is 1. The first-order chi connectivity index (χ1) is 11.2. The first-order valence-electron chi connectivity index (χ1n) is 8.06. The van der Waals surface area contributed by atoms with Crippen molar-refractivity contribution in [2.75, 3.05) is 38.3 Å². The summed E-state index contributed by atoms with van der Waals surface area (Å²) in [6, 6.07) is 2.01. The largest absolute Gasteiger partial charge is 0.384 e. The van der Waals surface area contributed by atoms with Crippen molar-refractivity contribution in [3.63, 3.8) is 0 Å². The number of piperazine rings is 1. The standard InChI is InChI=1S/C16H21N5O2/c1-23-9-3-13(22)21-8-7-20(10-16(21)4-5-16)15-12-2-6-17-14(12)18-11-19-15/h2,6,11H,3-5,7-10H2,1H3,(H,17,18,19). The second-order valence-electron chi connectivity index (χ2n) is 6.37. The summed E-state index contributed by atoms with van der Waals surface area (Å²) in [5, 5.41) is 1.04. The third-order valence-electron chi connectivity index (χ3n) is 4.93. The summed E-state index contributed by atoms with van der Waals surface area (Å²) in [6.07, 6.45) is 6.10. The fraction of sp³-hybridized carbons (Fsp3) is 0.562. The average molecular weight is 315 g/mol. The Labute approximate surface area is 134 Å². The maximum absolute atomic E-state index is 12.4. The minimum absolute atomic E-state index is 0.00332. The zero-order valence-electron chi connectivity index (χ0n) is 13.3. The van der Waals surface area contributed by atoms with E-state index < -0.39 is 0 Å². The van der Waals surface area contributed by atoms with Crippen LogP contribution in [-0.4, -0.2) is 64.6 Å². The fourth-order valence-corrected chi connectivity index (χ4v) is 3.55. The molecule has 122 valence electrons. The molecule has 1 aliphatic heterocycles. The number of nitrogens with zero attached hydrogens (tertiary/aromatic N) is 4. The Kier molecular flexibility index (Phi) is 3.45. The molecule has 1 aliphatic carbocycles. The number of methoxy groups -OCH3 is 1. The van der Waals surface area contributed by atoms with Crippen LogP contribution in [-0.2, 0) is 9.53 Å². The Balaban J connectivity index is 1.55. The average Bonchev–Trinajstić information content (AvgIpc) is 3.15. The van der Waals surface area contributed by atoms with Gasteiger partial charge in [0, 0.05) is 32.9 Å². The van der Waals surface area contributed by atoms with Gasteiger partial charge in [0.2, 0.25) is 5.91 Å². The third-order valence-corrected chi connectivity index (χ3v) is 4.93. The minimum Gasteiger partial charge on any atom is -0.384 e. The normalized spacial score (nSPS) is 19.5. The highest BCUT2D eigenvalue weighted by atomic mass is 16.5. The van der Waals surface area contributed by atoms with E-state index in [9.17, 15) is 4.79 Å². The van der Waals surface area contributed by atoms with Crippen molar-refractivity contribution in [1.29, 1.82) is 0 Å². The molecule has 2 fully saturated rings. The Morgan fingerprint density at radius 1 is 1.39 bits per heavy atom. The van der Waals surface area contributed by atoms with E-state index in [1.807, 2.05) is 12.3 Å². The number of carbonyl (C=O) groups is 1. The van der Waals surface area contributed by atoms with E-state index in [4.69, 9.17) is 4.74 Å². The molecule has 0 atom stereocenters. The lowest BCUT2D eigenvalue weighted by molar-refractivity contribution is -0.135. The Morgan fingerprint density at radius 2 is 2.26 bits per heavy atom. The van der Waals surface area contributed by atoms with Crippen LogP contribution in [0.4, 0.5) is 5.82 Å². The Bertz CT molecular complexity index is 724. The van der Waals surface area contributed by atoms with Gasteiger partial charge in [-0.15, -0.1) is 0 Å². The molecule has 0 aromatic carbocycles. The summed E-state index contributed by atoms with van der Waals surface area (Å²) >= 11 is 0. The van der Waals surface area contributed by atoms with Gasteiger partial charge in [-0.3, -0.25) is 4.79 Å². The highest BCUT2D eigenvalue weighted by molar-refractivity contribution is 5.87. The highest BCUT2D eigenvalue weighted by Crippen LogP contribution is 2.45. The molecule has 1 N–H and O–H groups in total. The van der Waals surface area contributed by atoms with Crippen LogP contribution >= 0.6 is 0 Å². The molecule has 7 nitrogen and oxygen atoms in total. The summed E-state index contributed by atoms with van der Waals surface area (Å²) in [5.74, 6) is 1.17. The number of fused-ring (bicyclic) bond motifs is 1. The quantitative estimate of drug-likeness (QED) is 0.917. The van der Waals surface area contributed by atoms with Gasteiger partial charge >= 0.3 is 0 Å². The second-order valence-corrected chi connectivity index (χ2v) is 6.37. The number of carbonyl (C=O) groups excluding carboxylic acids is 1. The zero-order valence-corrected chi connectivity index (χ0v) is 13.3. The fourth-order valence-electron chi connectivity index (χ4n) is 3.55. The van der Waals surface area contributed by atoms with Crippen LogP contribution in [0.2, 0.25) is 0 Å². The number of aromatic amines is 1. The number of ether oxygens (including phenoxy) is 1. The molecule has 2 aromatic heterocycles. The first-order valence-corrected chi connectivity index (χ1v) is 8.06. The van der Waals surface area contributed by atoms with Crippen LogP contribution in [0.5, 0.6) is 0 Å². The maximum atomic E-state index is 12.4. The number of anilines is 1. The molecule has 4 rings (SSSR count). The van der Waals surface area contributed by atoms with Crippen LogP contribution < -0.4 is 4.90 Å². The summed E-state index contributed by atoms with van der Waals surface area (Å²) in [4.78, 5) is 28.7. The van der Waals surface area contributed by atoms with E-state index in [0.717, 1.165) is 49.3 Å². The van der Waals surface area contributed by atoms with Gasteiger partial charge in [0.05, 0.1) is 24.0 Å². The van der Waals surface area contributed by atoms with E-state index in [-0.39, 0.29) is 11.4 Å². The molecule has 7 heteroatoms. The topological polar surface area (TPSA) is 74.3 Å². The smallest absolute Gasteiger partial charge is 0.225 e. The maximum Gasteiger partial charge on any atom is 0.225 e. The van der Waals surface area contributed by atoms with Gasteiger partial charge < -0.3 is 19.5 Å². The summed E-state index contributed by atoms with van der Waals surface area (Å²) < 4.78 is 5.04. The Hall–Kier alpha value is -2.15. The van der Waals surface area contributed by atoms with Gasteiger partial charge in [0.1, 0.15) is 17.8 Å². The molecule has 3 heterocycles. The lowest BCUT2D eigenvalue weighted by Gasteiger charge is -2.43. The number of hydrogen-bond donors (Lipinski definition) is 1. The van der Waals surface area contributed by atoms with E-state index in [1.165, 1.54) is 0 Å². The predicted octanol–water partition coefficient (Wildman–Crippen LogP) is 1.18. The molecular weight excluding hydrogens is 294 g/mol. The van der Waals surface area contributed by atoms with Crippen molar-refractivity contribution in [3.05, 3.63) is 18.6 Å². The van der Waals surface area contributed by atoms with Gasteiger partial charge in [-0.25, -0.2) is 9.97 Å². The van der Waals surface area contributed by atoms with Gasteiger partial charge in [0.25, 0.3) is 0 Å². The molecule has 0 unspecified atom stereocenters. The van der Waals surface area contributed by atoms with Crippen LogP contribution in [0.1, 0.15) is 19.3 Å². The molecule has 2 aromatic rings. The molecular formula is C16H21N5O2. The number of H-pyrrole nitrogens is 1. The lowest BCUT2D eigenvalue weighted by Crippen LogP contribution is -2.57. The first kappa shape index (κ1) is 14.4. The molecule has 2 aliphatic rings. The number of hydrogen-bond acceptors (Lipinski definition) is 5. The van der Waals surface area contributed by atoms with Crippen molar-refractivity contribution < 1.29 is 9.53 Å². The van der Waals surface area contributed by atoms with Crippen LogP contribution in [0.15, 0.2) is 18.6 Å². The molecule has 1 spiro atoms. The number of aromatic nitrogens is 3. The van der Waals surface area contributed by atoms with Gasteiger partial charge in [0.15, 0.2) is 0 Å². The molecule has 0 bridgehead atoms. The summed E-state index contributed by atoms with van der Waals surface area (Å²) in [5.41, 5.74) is 0.856. The predicted molar refractivity (Wildman–Crippen MR) is 86.3 cm³/mol. The van der Waals surface area contributed by atoms with Crippen molar-refractivity contribution in [2.45, 2.75) is 24.8 Å². The van der Waals surface area contributed by atoms with E-state index in [0.29, 0.717) is 13.0 Å². The summed E-state index contributed by atoms with van der Waals surface area (Å²) in [7, 11) is 1.63. The molecule has 23 heavy (non-hydrogen) atoms. The Morgan fingerprint density at radius 3 is 3.04 bits per heavy atom. The van der Waals surface area contributed by atoms with E-state index in [2.05, 4.69) is 24.8 Å². The van der Waals surface area contributed by atoms with Gasteiger partial charge in [-0.05, 0) is 18.9 Å². The zero-order chi connectivity index (χ0) is 15.9. The number of nitrogens with one attached hydrogen (secondary N) is 1. The van der Waals surface area contributed by atoms with Crippen LogP contribution in [0.25, 0.3) is 11.0 Å². The van der Waals surface area contributed by atoms with Crippen molar-refractivity contribution >= 4 is 22.8 Å². The second kappa shape index (κ2) is 5.49. The minimum atomic E-state index is -0.00332. The number of rotatable bonds is 4. The van der Waals surface area contributed by atoms with Crippen LogP contribution in [0, 0.1) is 0 Å². The molecule has 1 amide bonds. The molecule has 0 radical (unpaired) electrons. The highest BCUT2D eigenvalue weighted by Gasteiger charge is 2.53.